The minimum absolute atomic E-state index is 0.0142. The molecule has 1 aromatic heterocycles. The molecule has 0 saturated carbocycles. The third-order valence-electron chi connectivity index (χ3n) is 2.72. The molecule has 6 nitrogen and oxygen atoms in total. The van der Waals surface area contributed by atoms with E-state index in [0.717, 1.165) is 6.07 Å². The molecule has 0 radical (unpaired) electrons. The Morgan fingerprint density at radius 3 is 2.75 bits per heavy atom. The van der Waals surface area contributed by atoms with Crippen LogP contribution in [0.1, 0.15) is 5.56 Å². The lowest BCUT2D eigenvalue weighted by molar-refractivity contribution is 0.576. The minimum atomic E-state index is -3.81. The van der Waals surface area contributed by atoms with Crippen molar-refractivity contribution in [3.8, 4) is 0 Å². The second kappa shape index (κ2) is 5.51. The van der Waals surface area contributed by atoms with Gasteiger partial charge in [0.15, 0.2) is 0 Å². The first kappa shape index (κ1) is 14.9. The van der Waals surface area contributed by atoms with Crippen molar-refractivity contribution in [2.75, 3.05) is 5.73 Å². The third kappa shape index (κ3) is 3.00. The van der Waals surface area contributed by atoms with Crippen LogP contribution in [0, 0.1) is 5.82 Å². The van der Waals surface area contributed by atoms with Crippen molar-refractivity contribution in [2.45, 2.75) is 11.4 Å². The van der Waals surface area contributed by atoms with Crippen LogP contribution in [0.5, 0.6) is 0 Å². The van der Waals surface area contributed by atoms with Gasteiger partial charge in [-0.3, -0.25) is 4.68 Å². The monoisotopic (exact) mass is 362 g/mol. The zero-order valence-electron chi connectivity index (χ0n) is 10.5. The number of sulfonamides is 1. The standard InChI is InChI=1S/C11H12BrFN4O2S/c1-17-11(14)7(5-15-17)6-16-20(18,19)8-2-3-9(12)10(13)4-8/h2-5,16H,6,14H2,1H3. The van der Waals surface area contributed by atoms with Crippen LogP contribution < -0.4 is 10.5 Å². The van der Waals surface area contributed by atoms with Crippen LogP contribution >= 0.6 is 15.9 Å². The summed E-state index contributed by atoms with van der Waals surface area (Å²) in [6, 6.07) is 3.59. The first-order chi connectivity index (χ1) is 9.31. The van der Waals surface area contributed by atoms with Gasteiger partial charge >= 0.3 is 0 Å². The zero-order chi connectivity index (χ0) is 14.9. The lowest BCUT2D eigenvalue weighted by atomic mass is 10.3. The Morgan fingerprint density at radius 1 is 1.50 bits per heavy atom. The van der Waals surface area contributed by atoms with Crippen molar-refractivity contribution >= 4 is 31.8 Å². The highest BCUT2D eigenvalue weighted by molar-refractivity contribution is 9.10. The van der Waals surface area contributed by atoms with Crippen molar-refractivity contribution < 1.29 is 12.8 Å². The van der Waals surface area contributed by atoms with Crippen LogP contribution in [0.15, 0.2) is 33.8 Å². The number of benzene rings is 1. The van der Waals surface area contributed by atoms with Gasteiger partial charge in [-0.1, -0.05) is 0 Å². The van der Waals surface area contributed by atoms with E-state index in [1.807, 2.05) is 0 Å². The molecule has 0 saturated heterocycles. The van der Waals surface area contributed by atoms with E-state index in [0.29, 0.717) is 11.4 Å². The van der Waals surface area contributed by atoms with Crippen LogP contribution in [0.3, 0.4) is 0 Å². The molecule has 0 amide bonds. The van der Waals surface area contributed by atoms with E-state index < -0.39 is 15.8 Å². The average molecular weight is 363 g/mol. The fourth-order valence-electron chi connectivity index (χ4n) is 1.53. The molecule has 0 bridgehead atoms. The van der Waals surface area contributed by atoms with Gasteiger partial charge in [0.1, 0.15) is 11.6 Å². The normalized spacial score (nSPS) is 11.8. The number of aryl methyl sites for hydroxylation is 1. The van der Waals surface area contributed by atoms with Crippen LogP contribution in [-0.2, 0) is 23.6 Å². The summed E-state index contributed by atoms with van der Waals surface area (Å²) in [6.45, 7) is -0.0142. The van der Waals surface area contributed by atoms with Crippen molar-refractivity contribution in [1.29, 1.82) is 0 Å². The van der Waals surface area contributed by atoms with E-state index >= 15 is 0 Å². The van der Waals surface area contributed by atoms with E-state index in [-0.39, 0.29) is 15.9 Å². The number of nitrogens with one attached hydrogen (secondary N) is 1. The van der Waals surface area contributed by atoms with Crippen molar-refractivity contribution in [3.63, 3.8) is 0 Å². The highest BCUT2D eigenvalue weighted by Crippen LogP contribution is 2.19. The number of hydrogen-bond donors (Lipinski definition) is 2. The summed E-state index contributed by atoms with van der Waals surface area (Å²) in [6.07, 6.45) is 1.47. The Hall–Kier alpha value is -1.45. The number of rotatable bonds is 4. The number of halogens is 2. The molecule has 20 heavy (non-hydrogen) atoms. The van der Waals surface area contributed by atoms with E-state index in [9.17, 15) is 12.8 Å². The van der Waals surface area contributed by atoms with Gasteiger partial charge in [-0.05, 0) is 34.1 Å². The fraction of sp³-hybridized carbons (Fsp3) is 0.182. The Kier molecular flexibility index (Phi) is 4.11. The summed E-state index contributed by atoms with van der Waals surface area (Å²) < 4.78 is 41.4. The molecule has 0 spiro atoms. The molecule has 0 aliphatic carbocycles. The molecule has 0 aliphatic heterocycles. The molecule has 2 rings (SSSR count). The van der Waals surface area contributed by atoms with Crippen molar-refractivity contribution in [1.82, 2.24) is 14.5 Å². The number of aromatic nitrogens is 2. The highest BCUT2D eigenvalue weighted by atomic mass is 79.9. The second-order valence-electron chi connectivity index (χ2n) is 4.08. The summed E-state index contributed by atoms with van der Waals surface area (Å²) in [4.78, 5) is -0.152. The van der Waals surface area contributed by atoms with Gasteiger partial charge in [0, 0.05) is 19.2 Å². The van der Waals surface area contributed by atoms with Gasteiger partial charge in [0.05, 0.1) is 15.6 Å². The third-order valence-corrected chi connectivity index (χ3v) is 4.76. The number of nitrogen functional groups attached to an aromatic ring is 1. The molecule has 0 aliphatic rings. The fourth-order valence-corrected chi connectivity index (χ4v) is 2.79. The SMILES string of the molecule is Cn1ncc(CNS(=O)(=O)c2ccc(Br)c(F)c2)c1N. The van der Waals surface area contributed by atoms with Crippen molar-refractivity contribution in [2.24, 2.45) is 7.05 Å². The number of hydrogen-bond acceptors (Lipinski definition) is 4. The molecule has 0 unspecified atom stereocenters. The summed E-state index contributed by atoms with van der Waals surface area (Å²) in [5.41, 5.74) is 6.26. The predicted molar refractivity (Wildman–Crippen MR) is 75.7 cm³/mol. The average Bonchev–Trinajstić information content (AvgIpc) is 2.71. The topological polar surface area (TPSA) is 90.0 Å². The van der Waals surface area contributed by atoms with Gasteiger partial charge in [-0.2, -0.15) is 5.10 Å². The van der Waals surface area contributed by atoms with Crippen LogP contribution in [0.2, 0.25) is 0 Å². The maximum atomic E-state index is 13.4. The number of nitrogens with two attached hydrogens (primary N) is 1. The first-order valence-electron chi connectivity index (χ1n) is 5.52. The van der Waals surface area contributed by atoms with E-state index in [2.05, 4.69) is 25.8 Å². The van der Waals surface area contributed by atoms with Crippen LogP contribution in [0.25, 0.3) is 0 Å². The Labute approximate surface area is 124 Å². The molecule has 1 heterocycles. The second-order valence-corrected chi connectivity index (χ2v) is 6.70. The lowest BCUT2D eigenvalue weighted by Crippen LogP contribution is -2.23. The summed E-state index contributed by atoms with van der Waals surface area (Å²) in [7, 11) is -2.16. The van der Waals surface area contributed by atoms with Gasteiger partial charge in [0.25, 0.3) is 0 Å². The Bertz CT molecular complexity index is 745. The molecule has 0 fully saturated rings. The van der Waals surface area contributed by atoms with E-state index in [1.165, 1.54) is 23.0 Å². The van der Waals surface area contributed by atoms with Gasteiger partial charge in [0.2, 0.25) is 10.0 Å². The Morgan fingerprint density at radius 2 is 2.20 bits per heavy atom. The molecular weight excluding hydrogens is 351 g/mol. The summed E-state index contributed by atoms with van der Waals surface area (Å²) >= 11 is 2.97. The highest BCUT2D eigenvalue weighted by Gasteiger charge is 2.17. The van der Waals surface area contributed by atoms with E-state index in [4.69, 9.17) is 5.73 Å². The molecule has 108 valence electrons. The minimum Gasteiger partial charge on any atom is -0.384 e. The lowest BCUT2D eigenvalue weighted by Gasteiger charge is -2.07. The van der Waals surface area contributed by atoms with Gasteiger partial charge in [-0.25, -0.2) is 17.5 Å². The van der Waals surface area contributed by atoms with Crippen LogP contribution in [0.4, 0.5) is 10.2 Å². The summed E-state index contributed by atoms with van der Waals surface area (Å²) in [5.74, 6) is -0.275. The zero-order valence-corrected chi connectivity index (χ0v) is 12.9. The predicted octanol–water partition coefficient (Wildman–Crippen LogP) is 1.38. The first-order valence-corrected chi connectivity index (χ1v) is 7.80. The molecule has 3 N–H and O–H groups in total. The maximum Gasteiger partial charge on any atom is 0.240 e. The summed E-state index contributed by atoms with van der Waals surface area (Å²) in [5, 5.41) is 3.91. The smallest absolute Gasteiger partial charge is 0.240 e. The number of anilines is 1. The molecule has 2 aromatic rings. The quantitative estimate of drug-likeness (QED) is 0.859. The molecule has 0 atom stereocenters. The Balaban J connectivity index is 2.19. The van der Waals surface area contributed by atoms with Gasteiger partial charge < -0.3 is 5.73 Å². The van der Waals surface area contributed by atoms with Gasteiger partial charge in [-0.15, -0.1) is 0 Å². The van der Waals surface area contributed by atoms with Crippen LogP contribution in [-0.4, -0.2) is 18.2 Å². The molecular formula is C11H12BrFN4O2S. The maximum absolute atomic E-state index is 13.4. The molecule has 1 aromatic carbocycles. The van der Waals surface area contributed by atoms with E-state index in [1.54, 1.807) is 7.05 Å². The molecule has 9 heteroatoms. The largest absolute Gasteiger partial charge is 0.384 e. The van der Waals surface area contributed by atoms with Crippen molar-refractivity contribution in [3.05, 3.63) is 40.2 Å². The number of nitrogens with zero attached hydrogens (tertiary/aromatic N) is 2.